The van der Waals surface area contributed by atoms with E-state index in [-0.39, 0.29) is 0 Å². The summed E-state index contributed by atoms with van der Waals surface area (Å²) in [6.07, 6.45) is 2.56. The number of nitrogens with one attached hydrogen (secondary N) is 1. The van der Waals surface area contributed by atoms with Gasteiger partial charge in [0.15, 0.2) is 8.32 Å². The number of rotatable bonds is 9. The molecule has 0 saturated carbocycles. The highest BCUT2D eigenvalue weighted by Crippen LogP contribution is 2.13. The van der Waals surface area contributed by atoms with Crippen molar-refractivity contribution in [2.45, 2.75) is 32.0 Å². The minimum atomic E-state index is -1.30. The van der Waals surface area contributed by atoms with Crippen LogP contribution in [0.3, 0.4) is 0 Å². The molecule has 0 spiro atoms. The first-order chi connectivity index (χ1) is 6.98. The molecule has 0 aliphatic rings. The van der Waals surface area contributed by atoms with Gasteiger partial charge < -0.3 is 14.6 Å². The molecule has 0 unspecified atom stereocenters. The van der Waals surface area contributed by atoms with Gasteiger partial charge >= 0.3 is 0 Å². The average molecular weight is 232 g/mol. The monoisotopic (exact) mass is 232 g/mol. The van der Waals surface area contributed by atoms with E-state index >= 15 is 0 Å². The molecule has 0 atom stereocenters. The standard InChI is InChI=1S/C11H28N2OSi/c1-13(2)10-9-12-8-6-7-11-15(4,5)14-3/h12H,6-11H2,1-5H3. The van der Waals surface area contributed by atoms with Gasteiger partial charge in [-0.2, -0.15) is 0 Å². The molecule has 0 aromatic rings. The van der Waals surface area contributed by atoms with E-state index in [1.54, 1.807) is 0 Å². The molecular formula is C11H28N2OSi. The van der Waals surface area contributed by atoms with Gasteiger partial charge in [-0.25, -0.2) is 0 Å². The predicted octanol–water partition coefficient (Wildman–Crippen LogP) is 1.77. The van der Waals surface area contributed by atoms with Crippen LogP contribution in [-0.2, 0) is 4.43 Å². The molecule has 92 valence electrons. The van der Waals surface area contributed by atoms with E-state index in [0.29, 0.717) is 0 Å². The van der Waals surface area contributed by atoms with Crippen molar-refractivity contribution < 1.29 is 4.43 Å². The summed E-state index contributed by atoms with van der Waals surface area (Å²) < 4.78 is 5.51. The third-order valence-electron chi connectivity index (χ3n) is 2.67. The molecule has 3 nitrogen and oxygen atoms in total. The summed E-state index contributed by atoms with van der Waals surface area (Å²) in [6.45, 7) is 7.93. The second-order valence-corrected chi connectivity index (χ2v) is 9.40. The maximum Gasteiger partial charge on any atom is 0.186 e. The third-order valence-corrected chi connectivity index (χ3v) is 5.33. The van der Waals surface area contributed by atoms with Crippen LogP contribution >= 0.6 is 0 Å². The Morgan fingerprint density at radius 3 is 2.33 bits per heavy atom. The fourth-order valence-electron chi connectivity index (χ4n) is 1.33. The second kappa shape index (κ2) is 8.27. The molecule has 0 rings (SSSR count). The molecule has 0 aliphatic heterocycles. The van der Waals surface area contributed by atoms with E-state index in [0.717, 1.165) is 19.6 Å². The Bertz CT molecular complexity index is 152. The van der Waals surface area contributed by atoms with Crippen molar-refractivity contribution >= 4 is 8.32 Å². The highest BCUT2D eigenvalue weighted by molar-refractivity contribution is 6.71. The smallest absolute Gasteiger partial charge is 0.186 e. The molecule has 0 radical (unpaired) electrons. The Hall–Kier alpha value is 0.0969. The van der Waals surface area contributed by atoms with Gasteiger partial charge in [0, 0.05) is 20.2 Å². The van der Waals surface area contributed by atoms with Crippen molar-refractivity contribution in [3.05, 3.63) is 0 Å². The van der Waals surface area contributed by atoms with Gasteiger partial charge in [0.25, 0.3) is 0 Å². The highest BCUT2D eigenvalue weighted by atomic mass is 28.4. The van der Waals surface area contributed by atoms with Gasteiger partial charge in [0.05, 0.1) is 0 Å². The molecule has 15 heavy (non-hydrogen) atoms. The first-order valence-electron chi connectivity index (χ1n) is 5.88. The van der Waals surface area contributed by atoms with E-state index in [1.807, 2.05) is 7.11 Å². The molecule has 0 aromatic heterocycles. The first-order valence-corrected chi connectivity index (χ1v) is 9.00. The maximum absolute atomic E-state index is 5.51. The molecule has 4 heteroatoms. The molecule has 0 aromatic carbocycles. The van der Waals surface area contributed by atoms with Crippen LogP contribution in [0.1, 0.15) is 12.8 Å². The Labute approximate surface area is 96.3 Å². The Morgan fingerprint density at radius 2 is 1.80 bits per heavy atom. The topological polar surface area (TPSA) is 24.5 Å². The molecule has 0 heterocycles. The quantitative estimate of drug-likeness (QED) is 0.484. The zero-order valence-corrected chi connectivity index (χ0v) is 12.1. The summed E-state index contributed by atoms with van der Waals surface area (Å²) >= 11 is 0. The molecule has 0 fully saturated rings. The number of nitrogens with zero attached hydrogens (tertiary/aromatic N) is 1. The van der Waals surface area contributed by atoms with Crippen molar-refractivity contribution in [2.24, 2.45) is 0 Å². The van der Waals surface area contributed by atoms with Gasteiger partial charge in [0.2, 0.25) is 0 Å². The van der Waals surface area contributed by atoms with Crippen LogP contribution in [0.4, 0.5) is 0 Å². The molecule has 0 amide bonds. The van der Waals surface area contributed by atoms with Gasteiger partial charge in [-0.1, -0.05) is 6.42 Å². The Balaban J connectivity index is 3.18. The summed E-state index contributed by atoms with van der Waals surface area (Å²) in [5, 5.41) is 3.45. The van der Waals surface area contributed by atoms with E-state index in [1.165, 1.54) is 18.9 Å². The lowest BCUT2D eigenvalue weighted by molar-refractivity contribution is 0.395. The zero-order chi connectivity index (χ0) is 11.7. The lowest BCUT2D eigenvalue weighted by Gasteiger charge is -2.19. The SMILES string of the molecule is CO[Si](C)(C)CCCCNCCN(C)C. The van der Waals surface area contributed by atoms with Gasteiger partial charge in [-0.05, 0) is 46.2 Å². The van der Waals surface area contributed by atoms with Gasteiger partial charge in [-0.3, -0.25) is 0 Å². The number of unbranched alkanes of at least 4 members (excludes halogenated alkanes) is 1. The van der Waals surface area contributed by atoms with E-state index in [9.17, 15) is 0 Å². The highest BCUT2D eigenvalue weighted by Gasteiger charge is 2.18. The first kappa shape index (κ1) is 15.1. The third kappa shape index (κ3) is 10.4. The van der Waals surface area contributed by atoms with Gasteiger partial charge in [-0.15, -0.1) is 0 Å². The fraction of sp³-hybridized carbons (Fsp3) is 1.00. The van der Waals surface area contributed by atoms with Crippen LogP contribution in [-0.4, -0.2) is 54.1 Å². The van der Waals surface area contributed by atoms with Crippen LogP contribution in [0.2, 0.25) is 19.1 Å². The van der Waals surface area contributed by atoms with E-state index in [4.69, 9.17) is 4.43 Å². The van der Waals surface area contributed by atoms with Crippen molar-refractivity contribution in [3.63, 3.8) is 0 Å². The lowest BCUT2D eigenvalue weighted by atomic mass is 10.3. The van der Waals surface area contributed by atoms with Crippen LogP contribution in [0.5, 0.6) is 0 Å². The molecule has 0 aliphatic carbocycles. The summed E-state index contributed by atoms with van der Waals surface area (Å²) in [6, 6.07) is 1.28. The molecule has 0 bridgehead atoms. The number of hydrogen-bond donors (Lipinski definition) is 1. The van der Waals surface area contributed by atoms with Crippen molar-refractivity contribution in [3.8, 4) is 0 Å². The van der Waals surface area contributed by atoms with Crippen LogP contribution in [0, 0.1) is 0 Å². The van der Waals surface area contributed by atoms with Crippen molar-refractivity contribution in [1.82, 2.24) is 10.2 Å². The van der Waals surface area contributed by atoms with Crippen LogP contribution in [0.15, 0.2) is 0 Å². The number of hydrogen-bond acceptors (Lipinski definition) is 3. The molecule has 0 saturated heterocycles. The molecular weight excluding hydrogens is 204 g/mol. The predicted molar refractivity (Wildman–Crippen MR) is 70.0 cm³/mol. The minimum Gasteiger partial charge on any atom is -0.420 e. The van der Waals surface area contributed by atoms with Crippen molar-refractivity contribution in [2.75, 3.05) is 40.8 Å². The Morgan fingerprint density at radius 1 is 1.13 bits per heavy atom. The maximum atomic E-state index is 5.51. The van der Waals surface area contributed by atoms with E-state index in [2.05, 4.69) is 37.4 Å². The zero-order valence-electron chi connectivity index (χ0n) is 11.1. The molecule has 1 N–H and O–H groups in total. The normalized spacial score (nSPS) is 12.4. The summed E-state index contributed by atoms with van der Waals surface area (Å²) in [5.41, 5.74) is 0. The summed E-state index contributed by atoms with van der Waals surface area (Å²) in [7, 11) is 4.76. The van der Waals surface area contributed by atoms with E-state index < -0.39 is 8.32 Å². The number of likely N-dealkylation sites (N-methyl/N-ethyl adjacent to an activating group) is 1. The van der Waals surface area contributed by atoms with Crippen molar-refractivity contribution in [1.29, 1.82) is 0 Å². The minimum absolute atomic E-state index is 1.10. The fourth-order valence-corrected chi connectivity index (χ4v) is 2.64. The van der Waals surface area contributed by atoms with Crippen LogP contribution < -0.4 is 5.32 Å². The van der Waals surface area contributed by atoms with Crippen LogP contribution in [0.25, 0.3) is 0 Å². The summed E-state index contributed by atoms with van der Waals surface area (Å²) in [4.78, 5) is 2.20. The van der Waals surface area contributed by atoms with Gasteiger partial charge in [0.1, 0.15) is 0 Å². The Kier molecular flexibility index (Phi) is 8.33. The lowest BCUT2D eigenvalue weighted by Crippen LogP contribution is -2.29. The average Bonchev–Trinajstić information content (AvgIpc) is 2.16. The largest absolute Gasteiger partial charge is 0.420 e. The second-order valence-electron chi connectivity index (χ2n) is 4.97. The summed E-state index contributed by atoms with van der Waals surface area (Å²) in [5.74, 6) is 0.